The number of hydrogen-bond donors (Lipinski definition) is 0. The number of carbonyl (C=O) groups excluding carboxylic acids is 2. The molecule has 10 nitrogen and oxygen atoms in total. The van der Waals surface area contributed by atoms with E-state index in [2.05, 4.69) is 4.98 Å². The fourth-order valence-electron chi connectivity index (χ4n) is 5.22. The van der Waals surface area contributed by atoms with Gasteiger partial charge in [0.15, 0.2) is 10.8 Å². The first-order chi connectivity index (χ1) is 20.2. The molecule has 0 bridgehead atoms. The van der Waals surface area contributed by atoms with E-state index in [0.717, 1.165) is 27.6 Å². The van der Waals surface area contributed by atoms with Gasteiger partial charge in [0.25, 0.3) is 0 Å². The van der Waals surface area contributed by atoms with E-state index in [0.29, 0.717) is 5.01 Å². The van der Waals surface area contributed by atoms with Crippen LogP contribution in [0.15, 0.2) is 46.0 Å². The van der Waals surface area contributed by atoms with Gasteiger partial charge in [0, 0.05) is 29.1 Å². The summed E-state index contributed by atoms with van der Waals surface area (Å²) in [5.74, 6) is -2.03. The Kier molecular flexibility index (Phi) is 9.94. The van der Waals surface area contributed by atoms with Gasteiger partial charge in [0.05, 0.1) is 30.2 Å². The lowest BCUT2D eigenvalue weighted by molar-refractivity contribution is -0.139. The number of hydrogen-bond acceptors (Lipinski definition) is 9. The Balaban J connectivity index is 2.02. The molecule has 3 unspecified atom stereocenters. The molecule has 1 amide bonds. The second-order valence-corrected chi connectivity index (χ2v) is 14.4. The summed E-state index contributed by atoms with van der Waals surface area (Å²) >= 11 is 7.74. The maximum atomic E-state index is 14.3. The zero-order valence-corrected chi connectivity index (χ0v) is 26.7. The van der Waals surface area contributed by atoms with Crippen molar-refractivity contribution in [2.45, 2.75) is 58.2 Å². The van der Waals surface area contributed by atoms with E-state index < -0.39 is 58.2 Å². The minimum Gasteiger partial charge on any atom is -0.463 e. The van der Waals surface area contributed by atoms with Crippen LogP contribution in [0.1, 0.15) is 57.1 Å². The number of amidine groups is 1. The van der Waals surface area contributed by atoms with Crippen molar-refractivity contribution in [1.29, 1.82) is 0 Å². The lowest BCUT2D eigenvalue weighted by Gasteiger charge is -2.41. The van der Waals surface area contributed by atoms with Gasteiger partial charge in [-0.2, -0.15) is 4.31 Å². The highest BCUT2D eigenvalue weighted by Gasteiger charge is 2.47. The van der Waals surface area contributed by atoms with Crippen LogP contribution in [-0.2, 0) is 24.3 Å². The summed E-state index contributed by atoms with van der Waals surface area (Å²) in [4.78, 5) is 38.0. The summed E-state index contributed by atoms with van der Waals surface area (Å²) in [6, 6.07) is 1.27. The molecular weight excluding hydrogens is 626 g/mol. The predicted octanol–water partition coefficient (Wildman–Crippen LogP) is 5.50. The SMILES string of the molecule is CCOC(=O)C1=C(C2CCN(S(C)(=O)=O)C(CF)C2)N=C(c2nccs2)N(C(=O)OC(C)(C)C)C1c1ccc(F)cc1Cl. The summed E-state index contributed by atoms with van der Waals surface area (Å²) in [5, 5.41) is 1.91. The minimum atomic E-state index is -3.71. The van der Waals surface area contributed by atoms with Crippen molar-refractivity contribution >= 4 is 50.9 Å². The number of aliphatic imine (C=N–C) groups is 1. The molecule has 234 valence electrons. The van der Waals surface area contributed by atoms with Crippen LogP contribution >= 0.6 is 22.9 Å². The van der Waals surface area contributed by atoms with Crippen molar-refractivity contribution in [3.05, 3.63) is 62.5 Å². The van der Waals surface area contributed by atoms with Gasteiger partial charge in [-0.15, -0.1) is 11.3 Å². The molecule has 2 aliphatic rings. The van der Waals surface area contributed by atoms with Crippen molar-refractivity contribution in [1.82, 2.24) is 14.2 Å². The van der Waals surface area contributed by atoms with Crippen LogP contribution in [0.25, 0.3) is 0 Å². The summed E-state index contributed by atoms with van der Waals surface area (Å²) in [5.41, 5.74) is -0.658. The third kappa shape index (κ3) is 7.24. The Hall–Kier alpha value is -2.94. The number of amides is 1. The first kappa shape index (κ1) is 33.0. The maximum absolute atomic E-state index is 14.3. The van der Waals surface area contributed by atoms with Gasteiger partial charge in [-0.1, -0.05) is 17.7 Å². The van der Waals surface area contributed by atoms with E-state index in [9.17, 15) is 26.8 Å². The minimum absolute atomic E-state index is 0.00671. The van der Waals surface area contributed by atoms with Crippen LogP contribution in [0.2, 0.25) is 5.02 Å². The topological polar surface area (TPSA) is 118 Å². The molecule has 4 rings (SSSR count). The Morgan fingerprint density at radius 1 is 1.26 bits per heavy atom. The predicted molar refractivity (Wildman–Crippen MR) is 159 cm³/mol. The highest BCUT2D eigenvalue weighted by molar-refractivity contribution is 7.88. The zero-order chi connectivity index (χ0) is 31.7. The number of nitrogens with zero attached hydrogens (tertiary/aromatic N) is 4. The fraction of sp³-hybridized carbons (Fsp3) is 0.500. The summed E-state index contributed by atoms with van der Waals surface area (Å²) in [6.07, 6.45) is 1.87. The second-order valence-electron chi connectivity index (χ2n) is 11.1. The van der Waals surface area contributed by atoms with Crippen LogP contribution < -0.4 is 0 Å². The van der Waals surface area contributed by atoms with Crippen molar-refractivity contribution < 1.29 is 36.3 Å². The Morgan fingerprint density at radius 3 is 2.53 bits per heavy atom. The second kappa shape index (κ2) is 13.0. The highest BCUT2D eigenvalue weighted by atomic mass is 35.5. The van der Waals surface area contributed by atoms with Crippen molar-refractivity contribution in [2.75, 3.05) is 26.1 Å². The average molecular weight is 659 g/mol. The van der Waals surface area contributed by atoms with Crippen LogP contribution in [0.5, 0.6) is 0 Å². The molecule has 1 aromatic carbocycles. The van der Waals surface area contributed by atoms with Gasteiger partial charge in [0.2, 0.25) is 10.0 Å². The molecule has 0 spiro atoms. The number of rotatable bonds is 7. The number of esters is 1. The zero-order valence-electron chi connectivity index (χ0n) is 24.3. The molecule has 43 heavy (non-hydrogen) atoms. The molecule has 0 N–H and O–H groups in total. The quantitative estimate of drug-likeness (QED) is 0.361. The van der Waals surface area contributed by atoms with Crippen LogP contribution in [0.4, 0.5) is 13.6 Å². The van der Waals surface area contributed by atoms with Crippen molar-refractivity contribution in [3.63, 3.8) is 0 Å². The molecule has 2 aromatic rings. The molecule has 3 atom stereocenters. The fourth-order valence-corrected chi connectivity index (χ4v) is 7.23. The summed E-state index contributed by atoms with van der Waals surface area (Å²) in [7, 11) is -3.71. The molecule has 2 aliphatic heterocycles. The standard InChI is InChI=1S/C28H33ClF2N4O6S2/c1-6-40-26(36)21-22(16-9-11-34(43(5,38)39)18(13-16)15-30)33-24(25-32-10-12-42-25)35(27(37)41-28(2,3)4)23(21)19-8-7-17(31)14-20(19)29/h7-8,10,12,14,16,18,23H,6,9,11,13,15H2,1-5H3. The number of halogens is 3. The van der Waals surface area contributed by atoms with Crippen molar-refractivity contribution in [2.24, 2.45) is 10.9 Å². The average Bonchev–Trinajstić information content (AvgIpc) is 3.45. The third-order valence-corrected chi connectivity index (χ3v) is 9.31. The van der Waals surface area contributed by atoms with Gasteiger partial charge < -0.3 is 9.47 Å². The summed E-state index contributed by atoms with van der Waals surface area (Å²) < 4.78 is 65.5. The molecule has 0 aliphatic carbocycles. The molecule has 1 fully saturated rings. The number of benzene rings is 1. The van der Waals surface area contributed by atoms with Crippen molar-refractivity contribution in [3.8, 4) is 0 Å². The lowest BCUT2D eigenvalue weighted by atomic mass is 9.83. The first-order valence-electron chi connectivity index (χ1n) is 13.6. The lowest BCUT2D eigenvalue weighted by Crippen LogP contribution is -2.50. The smallest absolute Gasteiger partial charge is 0.416 e. The number of allylic oxidation sites excluding steroid dienone is 1. The first-order valence-corrected chi connectivity index (χ1v) is 16.7. The van der Waals surface area contributed by atoms with Gasteiger partial charge in [-0.3, -0.25) is 0 Å². The molecule has 3 heterocycles. The van der Waals surface area contributed by atoms with Gasteiger partial charge in [-0.05, 0) is 58.2 Å². The molecular formula is C28H33ClF2N4O6S2. The number of thiazole rings is 1. The maximum Gasteiger partial charge on any atom is 0.416 e. The largest absolute Gasteiger partial charge is 0.463 e. The van der Waals surface area contributed by atoms with Gasteiger partial charge >= 0.3 is 12.1 Å². The molecule has 0 radical (unpaired) electrons. The third-order valence-electron chi connectivity index (χ3n) is 6.88. The molecule has 15 heteroatoms. The van der Waals surface area contributed by atoms with E-state index in [1.54, 1.807) is 33.1 Å². The Bertz CT molecular complexity index is 1540. The number of piperidine rings is 1. The summed E-state index contributed by atoms with van der Waals surface area (Å²) in [6.45, 7) is 5.65. The number of alkyl halides is 1. The van der Waals surface area contributed by atoms with Crippen LogP contribution in [0, 0.1) is 11.7 Å². The number of carbonyl (C=O) groups is 2. The Morgan fingerprint density at radius 2 is 1.98 bits per heavy atom. The number of ether oxygens (including phenoxy) is 2. The van der Waals surface area contributed by atoms with E-state index in [1.165, 1.54) is 23.6 Å². The molecule has 1 saturated heterocycles. The van der Waals surface area contributed by atoms with E-state index in [-0.39, 0.29) is 53.7 Å². The Labute approximate surface area is 258 Å². The molecule has 0 saturated carbocycles. The van der Waals surface area contributed by atoms with Gasteiger partial charge in [0.1, 0.15) is 24.1 Å². The van der Waals surface area contributed by atoms with Crippen LogP contribution in [0.3, 0.4) is 0 Å². The highest BCUT2D eigenvalue weighted by Crippen LogP contribution is 2.45. The monoisotopic (exact) mass is 658 g/mol. The van der Waals surface area contributed by atoms with E-state index in [4.69, 9.17) is 26.1 Å². The number of sulfonamides is 1. The number of aromatic nitrogens is 1. The normalized spacial score (nSPS) is 21.9. The molecule has 1 aromatic heterocycles. The van der Waals surface area contributed by atoms with E-state index in [1.807, 2.05) is 0 Å². The van der Waals surface area contributed by atoms with Crippen LogP contribution in [-0.4, -0.2) is 78.2 Å². The van der Waals surface area contributed by atoms with E-state index >= 15 is 0 Å². The van der Waals surface area contributed by atoms with Gasteiger partial charge in [-0.25, -0.2) is 41.7 Å².